The van der Waals surface area contributed by atoms with E-state index >= 15 is 0 Å². The highest BCUT2D eigenvalue weighted by atomic mass is 16.5. The minimum Gasteiger partial charge on any atom is -0.489 e. The van der Waals surface area contributed by atoms with Crippen molar-refractivity contribution in [1.82, 2.24) is 5.32 Å². The van der Waals surface area contributed by atoms with Crippen molar-refractivity contribution in [2.45, 2.75) is 32.9 Å². The lowest BCUT2D eigenvalue weighted by Gasteiger charge is -2.15. The normalized spacial score (nSPS) is 11.2. The van der Waals surface area contributed by atoms with Crippen LogP contribution in [-0.2, 0) is 6.61 Å². The molecule has 0 heterocycles. The standard InChI is InChI=1S/C19H21N3O2/c1-14(11-12-20)21-19(23)22-18-10-6-7-16(15(18)2)13-24-17-8-4-3-5-9-17/h3-10,14H,11,13H2,1-2H3,(H2,21,22,23)/t14-/m0/s1. The second kappa shape index (κ2) is 8.59. The van der Waals surface area contributed by atoms with Gasteiger partial charge in [-0.1, -0.05) is 30.3 Å². The van der Waals surface area contributed by atoms with Gasteiger partial charge in [-0.2, -0.15) is 5.26 Å². The average molecular weight is 323 g/mol. The number of hydrogen-bond donors (Lipinski definition) is 2. The molecule has 5 nitrogen and oxygen atoms in total. The van der Waals surface area contributed by atoms with Crippen molar-refractivity contribution in [2.75, 3.05) is 5.32 Å². The molecular formula is C19H21N3O2. The summed E-state index contributed by atoms with van der Waals surface area (Å²) < 4.78 is 5.76. The molecule has 2 aromatic carbocycles. The van der Waals surface area contributed by atoms with Crippen molar-refractivity contribution < 1.29 is 9.53 Å². The largest absolute Gasteiger partial charge is 0.489 e. The number of ether oxygens (including phenoxy) is 1. The van der Waals surface area contributed by atoms with Crippen LogP contribution in [0.5, 0.6) is 5.75 Å². The highest BCUT2D eigenvalue weighted by molar-refractivity contribution is 5.90. The third kappa shape index (κ3) is 5.03. The number of urea groups is 1. The molecule has 2 rings (SSSR count). The van der Waals surface area contributed by atoms with Crippen molar-refractivity contribution >= 4 is 11.7 Å². The summed E-state index contributed by atoms with van der Waals surface area (Å²) >= 11 is 0. The number of anilines is 1. The smallest absolute Gasteiger partial charge is 0.319 e. The van der Waals surface area contributed by atoms with Crippen LogP contribution in [0, 0.1) is 18.3 Å². The molecule has 1 atom stereocenters. The second-order valence-corrected chi connectivity index (χ2v) is 5.55. The van der Waals surface area contributed by atoms with Crippen LogP contribution in [0.25, 0.3) is 0 Å². The number of nitriles is 1. The summed E-state index contributed by atoms with van der Waals surface area (Å²) in [6, 6.07) is 16.8. The van der Waals surface area contributed by atoms with Gasteiger partial charge in [-0.15, -0.1) is 0 Å². The Morgan fingerprint density at radius 3 is 2.67 bits per heavy atom. The maximum atomic E-state index is 12.0. The molecule has 0 saturated heterocycles. The fraction of sp³-hybridized carbons (Fsp3) is 0.263. The highest BCUT2D eigenvalue weighted by Crippen LogP contribution is 2.21. The number of carbonyl (C=O) groups is 1. The van der Waals surface area contributed by atoms with Gasteiger partial charge in [0.15, 0.2) is 0 Å². The molecule has 0 aliphatic carbocycles. The van der Waals surface area contributed by atoms with Crippen molar-refractivity contribution in [2.24, 2.45) is 0 Å². The summed E-state index contributed by atoms with van der Waals surface area (Å²) in [5.74, 6) is 0.804. The Morgan fingerprint density at radius 2 is 1.96 bits per heavy atom. The van der Waals surface area contributed by atoms with Gasteiger partial charge < -0.3 is 15.4 Å². The van der Waals surface area contributed by atoms with Crippen LogP contribution in [0.4, 0.5) is 10.5 Å². The van der Waals surface area contributed by atoms with E-state index in [1.54, 1.807) is 6.92 Å². The van der Waals surface area contributed by atoms with Gasteiger partial charge in [-0.05, 0) is 43.2 Å². The van der Waals surface area contributed by atoms with E-state index in [0.717, 1.165) is 22.6 Å². The molecule has 0 fully saturated rings. The molecule has 0 aromatic heterocycles. The summed E-state index contributed by atoms with van der Waals surface area (Å²) in [7, 11) is 0. The molecule has 0 aliphatic heterocycles. The third-order valence-electron chi connectivity index (χ3n) is 3.61. The Morgan fingerprint density at radius 1 is 1.21 bits per heavy atom. The summed E-state index contributed by atoms with van der Waals surface area (Å²) in [5.41, 5.74) is 2.68. The van der Waals surface area contributed by atoms with Crippen LogP contribution in [-0.4, -0.2) is 12.1 Å². The van der Waals surface area contributed by atoms with Gasteiger partial charge in [-0.3, -0.25) is 0 Å². The van der Waals surface area contributed by atoms with E-state index in [4.69, 9.17) is 10.00 Å². The Labute approximate surface area is 142 Å². The molecule has 2 amide bonds. The van der Waals surface area contributed by atoms with E-state index in [2.05, 4.69) is 10.6 Å². The number of para-hydroxylation sites is 1. The van der Waals surface area contributed by atoms with E-state index in [-0.39, 0.29) is 18.5 Å². The number of rotatable bonds is 6. The zero-order valence-corrected chi connectivity index (χ0v) is 13.9. The Bertz CT molecular complexity index is 723. The molecule has 0 spiro atoms. The van der Waals surface area contributed by atoms with E-state index in [9.17, 15) is 4.79 Å². The molecule has 0 aliphatic rings. The molecule has 24 heavy (non-hydrogen) atoms. The predicted octanol–water partition coefficient (Wildman–Crippen LogP) is 4.00. The van der Waals surface area contributed by atoms with Gasteiger partial charge in [0.05, 0.1) is 12.5 Å². The SMILES string of the molecule is Cc1c(COc2ccccc2)cccc1NC(=O)N[C@@H](C)CC#N. The summed E-state index contributed by atoms with van der Waals surface area (Å²) in [5, 5.41) is 14.2. The molecule has 2 N–H and O–H groups in total. The Kier molecular flexibility index (Phi) is 6.21. The van der Waals surface area contributed by atoms with Crippen LogP contribution in [0.3, 0.4) is 0 Å². The molecule has 124 valence electrons. The van der Waals surface area contributed by atoms with Crippen LogP contribution in [0.15, 0.2) is 48.5 Å². The first-order chi connectivity index (χ1) is 11.6. The number of amides is 2. The van der Waals surface area contributed by atoms with Gasteiger partial charge in [-0.25, -0.2) is 4.79 Å². The molecule has 5 heteroatoms. The van der Waals surface area contributed by atoms with Crippen molar-refractivity contribution in [3.05, 3.63) is 59.7 Å². The van der Waals surface area contributed by atoms with Crippen molar-refractivity contribution in [3.8, 4) is 11.8 Å². The first kappa shape index (κ1) is 17.4. The van der Waals surface area contributed by atoms with Gasteiger partial charge in [0.25, 0.3) is 0 Å². The fourth-order valence-corrected chi connectivity index (χ4v) is 2.22. The number of nitrogens with one attached hydrogen (secondary N) is 2. The zero-order chi connectivity index (χ0) is 17.4. The van der Waals surface area contributed by atoms with Crippen LogP contribution >= 0.6 is 0 Å². The molecular weight excluding hydrogens is 302 g/mol. The van der Waals surface area contributed by atoms with E-state index in [0.29, 0.717) is 6.61 Å². The monoisotopic (exact) mass is 323 g/mol. The number of benzene rings is 2. The first-order valence-electron chi connectivity index (χ1n) is 7.81. The van der Waals surface area contributed by atoms with Gasteiger partial charge >= 0.3 is 6.03 Å². The Balaban J connectivity index is 1.99. The van der Waals surface area contributed by atoms with E-state index < -0.39 is 0 Å². The molecule has 0 saturated carbocycles. The Hall–Kier alpha value is -3.00. The molecule has 0 unspecified atom stereocenters. The minimum atomic E-state index is -0.318. The molecule has 2 aromatic rings. The van der Waals surface area contributed by atoms with Crippen LogP contribution in [0.1, 0.15) is 24.5 Å². The highest BCUT2D eigenvalue weighted by Gasteiger charge is 2.10. The lowest BCUT2D eigenvalue weighted by Crippen LogP contribution is -2.36. The molecule has 0 bridgehead atoms. The number of nitrogens with zero attached hydrogens (tertiary/aromatic N) is 1. The van der Waals surface area contributed by atoms with Crippen LogP contribution in [0.2, 0.25) is 0 Å². The second-order valence-electron chi connectivity index (χ2n) is 5.55. The predicted molar refractivity (Wildman–Crippen MR) is 93.8 cm³/mol. The maximum absolute atomic E-state index is 12.0. The lowest BCUT2D eigenvalue weighted by atomic mass is 10.1. The lowest BCUT2D eigenvalue weighted by molar-refractivity contribution is 0.249. The zero-order valence-electron chi connectivity index (χ0n) is 13.9. The summed E-state index contributed by atoms with van der Waals surface area (Å²) in [6.07, 6.45) is 0.275. The average Bonchev–Trinajstić information content (AvgIpc) is 2.56. The number of carbonyl (C=O) groups excluding carboxylic acids is 1. The van der Waals surface area contributed by atoms with E-state index in [1.165, 1.54) is 0 Å². The summed E-state index contributed by atoms with van der Waals surface area (Å²) in [6.45, 7) is 4.16. The third-order valence-corrected chi connectivity index (χ3v) is 3.61. The maximum Gasteiger partial charge on any atom is 0.319 e. The van der Waals surface area contributed by atoms with Gasteiger partial charge in [0, 0.05) is 11.7 Å². The first-order valence-corrected chi connectivity index (χ1v) is 7.81. The quantitative estimate of drug-likeness (QED) is 0.844. The van der Waals surface area contributed by atoms with Gasteiger partial charge in [0.2, 0.25) is 0 Å². The van der Waals surface area contributed by atoms with Gasteiger partial charge in [0.1, 0.15) is 12.4 Å². The number of hydrogen-bond acceptors (Lipinski definition) is 3. The van der Waals surface area contributed by atoms with E-state index in [1.807, 2.05) is 61.5 Å². The summed E-state index contributed by atoms with van der Waals surface area (Å²) in [4.78, 5) is 12.0. The van der Waals surface area contributed by atoms with Crippen molar-refractivity contribution in [3.63, 3.8) is 0 Å². The van der Waals surface area contributed by atoms with Crippen LogP contribution < -0.4 is 15.4 Å². The topological polar surface area (TPSA) is 74.2 Å². The molecule has 0 radical (unpaired) electrons. The fourth-order valence-electron chi connectivity index (χ4n) is 2.22. The minimum absolute atomic E-state index is 0.195. The van der Waals surface area contributed by atoms with Crippen molar-refractivity contribution in [1.29, 1.82) is 5.26 Å².